The van der Waals surface area contributed by atoms with Gasteiger partial charge in [0.25, 0.3) is 0 Å². The summed E-state index contributed by atoms with van der Waals surface area (Å²) in [7, 11) is 1.66. The van der Waals surface area contributed by atoms with E-state index in [1.54, 1.807) is 18.9 Å². The highest BCUT2D eigenvalue weighted by Gasteiger charge is 2.47. The summed E-state index contributed by atoms with van der Waals surface area (Å²) >= 11 is 1.68. The molecule has 2 heterocycles. The highest BCUT2D eigenvalue weighted by atomic mass is 32.2. The summed E-state index contributed by atoms with van der Waals surface area (Å²) in [5.74, 6) is 0.851. The van der Waals surface area contributed by atoms with Gasteiger partial charge in [0, 0.05) is 11.5 Å². The van der Waals surface area contributed by atoms with E-state index in [1.807, 2.05) is 18.2 Å². The summed E-state index contributed by atoms with van der Waals surface area (Å²) in [6.07, 6.45) is 0.699. The zero-order chi connectivity index (χ0) is 11.9. The van der Waals surface area contributed by atoms with Gasteiger partial charge in [0.1, 0.15) is 11.9 Å². The highest BCUT2D eigenvalue weighted by Crippen LogP contribution is 2.51. The van der Waals surface area contributed by atoms with Gasteiger partial charge in [-0.05, 0) is 36.6 Å². The van der Waals surface area contributed by atoms with Gasteiger partial charge in [0.05, 0.1) is 18.5 Å². The fourth-order valence-electron chi connectivity index (χ4n) is 2.55. The van der Waals surface area contributed by atoms with E-state index in [1.165, 1.54) is 10.5 Å². The number of alkyl halides is 1. The van der Waals surface area contributed by atoms with Gasteiger partial charge in [-0.2, -0.15) is 0 Å². The second-order valence-electron chi connectivity index (χ2n) is 4.61. The van der Waals surface area contributed by atoms with Crippen LogP contribution in [0.4, 0.5) is 4.39 Å². The van der Waals surface area contributed by atoms with E-state index >= 15 is 0 Å². The molecule has 1 spiro atoms. The second kappa shape index (κ2) is 4.18. The first kappa shape index (κ1) is 11.4. The van der Waals surface area contributed by atoms with Crippen molar-refractivity contribution in [2.24, 2.45) is 0 Å². The number of methoxy groups -OCH3 is 1. The summed E-state index contributed by atoms with van der Waals surface area (Å²) in [4.78, 5) is 1.19. The molecule has 0 aromatic heterocycles. The lowest BCUT2D eigenvalue weighted by Gasteiger charge is -2.35. The third kappa shape index (κ3) is 1.83. The molecule has 2 aliphatic heterocycles. The smallest absolute Gasteiger partial charge is 0.139 e. The van der Waals surface area contributed by atoms with Crippen LogP contribution in [0, 0.1) is 0 Å². The largest absolute Gasteiger partial charge is 0.497 e. The lowest BCUT2D eigenvalue weighted by atomic mass is 9.90. The van der Waals surface area contributed by atoms with Crippen LogP contribution < -0.4 is 4.74 Å². The van der Waals surface area contributed by atoms with Crippen molar-refractivity contribution in [3.63, 3.8) is 0 Å². The maximum atomic E-state index is 14.1. The number of benzene rings is 1. The third-order valence-corrected chi connectivity index (χ3v) is 5.20. The fourth-order valence-corrected chi connectivity index (χ4v) is 4.00. The van der Waals surface area contributed by atoms with Gasteiger partial charge in [-0.25, -0.2) is 4.39 Å². The third-order valence-electron chi connectivity index (χ3n) is 3.58. The molecule has 0 aliphatic carbocycles. The molecule has 2 nitrogen and oxygen atoms in total. The lowest BCUT2D eigenvalue weighted by Crippen LogP contribution is -2.44. The first-order valence-corrected chi connectivity index (χ1v) is 6.63. The van der Waals surface area contributed by atoms with E-state index in [0.29, 0.717) is 6.61 Å². The highest BCUT2D eigenvalue weighted by molar-refractivity contribution is 8.01. The standard InChI is InChI=1S/C13H15FO2S/c1-15-10-2-3-11-9(6-10)7-13(17-11)4-5-16-8-12(13)14/h2-3,6,12H,4-5,7-8H2,1H3. The van der Waals surface area contributed by atoms with Crippen LogP contribution in [0.3, 0.4) is 0 Å². The summed E-state index contributed by atoms with van der Waals surface area (Å²) < 4.78 is 24.2. The van der Waals surface area contributed by atoms with Crippen molar-refractivity contribution in [2.45, 2.75) is 28.7 Å². The SMILES string of the molecule is COc1ccc2c(c1)CC1(CCOCC1F)S2. The minimum absolute atomic E-state index is 0.234. The fraction of sp³-hybridized carbons (Fsp3) is 0.538. The summed E-state index contributed by atoms with van der Waals surface area (Å²) in [5.41, 5.74) is 1.21. The molecule has 2 unspecified atom stereocenters. The molecular weight excluding hydrogens is 239 g/mol. The predicted molar refractivity (Wildman–Crippen MR) is 65.6 cm³/mol. The van der Waals surface area contributed by atoms with Crippen LogP contribution in [0.15, 0.2) is 23.1 Å². The first-order chi connectivity index (χ1) is 8.23. The van der Waals surface area contributed by atoms with Crippen molar-refractivity contribution < 1.29 is 13.9 Å². The summed E-state index contributed by atoms with van der Waals surface area (Å²) in [6, 6.07) is 6.01. The molecule has 17 heavy (non-hydrogen) atoms. The Hall–Kier alpha value is -0.740. The molecule has 1 saturated heterocycles. The number of ether oxygens (including phenoxy) is 2. The predicted octanol–water partition coefficient (Wildman–Crippen LogP) is 2.84. The van der Waals surface area contributed by atoms with Gasteiger partial charge in [-0.1, -0.05) is 0 Å². The molecule has 0 bridgehead atoms. The van der Waals surface area contributed by atoms with Crippen molar-refractivity contribution in [1.29, 1.82) is 0 Å². The van der Waals surface area contributed by atoms with E-state index in [0.717, 1.165) is 18.6 Å². The van der Waals surface area contributed by atoms with Crippen molar-refractivity contribution in [2.75, 3.05) is 20.3 Å². The molecule has 0 amide bonds. The van der Waals surface area contributed by atoms with Gasteiger partial charge in [0.15, 0.2) is 0 Å². The van der Waals surface area contributed by atoms with Crippen LogP contribution >= 0.6 is 11.8 Å². The molecule has 2 atom stereocenters. The number of rotatable bonds is 1. The normalized spacial score (nSPS) is 31.5. The minimum Gasteiger partial charge on any atom is -0.497 e. The molecule has 0 N–H and O–H groups in total. The van der Waals surface area contributed by atoms with E-state index in [2.05, 4.69) is 0 Å². The van der Waals surface area contributed by atoms with E-state index in [4.69, 9.17) is 9.47 Å². The van der Waals surface area contributed by atoms with Crippen molar-refractivity contribution in [1.82, 2.24) is 0 Å². The number of hydrogen-bond acceptors (Lipinski definition) is 3. The van der Waals surface area contributed by atoms with Crippen molar-refractivity contribution >= 4 is 11.8 Å². The number of hydrogen-bond donors (Lipinski definition) is 0. The molecule has 92 valence electrons. The zero-order valence-electron chi connectivity index (χ0n) is 9.74. The maximum absolute atomic E-state index is 14.1. The average molecular weight is 254 g/mol. The minimum atomic E-state index is -0.875. The molecule has 0 radical (unpaired) electrons. The van der Waals surface area contributed by atoms with Gasteiger partial charge in [-0.3, -0.25) is 0 Å². The monoisotopic (exact) mass is 254 g/mol. The molecule has 3 rings (SSSR count). The van der Waals surface area contributed by atoms with Gasteiger partial charge >= 0.3 is 0 Å². The van der Waals surface area contributed by atoms with Crippen LogP contribution in [0.5, 0.6) is 5.75 Å². The van der Waals surface area contributed by atoms with Crippen LogP contribution in [-0.2, 0) is 11.2 Å². The Morgan fingerprint density at radius 1 is 1.53 bits per heavy atom. The van der Waals surface area contributed by atoms with Crippen molar-refractivity contribution in [3.8, 4) is 5.75 Å². The molecule has 4 heteroatoms. The Morgan fingerprint density at radius 2 is 2.41 bits per heavy atom. The van der Waals surface area contributed by atoms with E-state index in [9.17, 15) is 4.39 Å². The molecule has 1 aromatic rings. The topological polar surface area (TPSA) is 18.5 Å². The second-order valence-corrected chi connectivity index (χ2v) is 6.07. The van der Waals surface area contributed by atoms with Crippen LogP contribution in [0.1, 0.15) is 12.0 Å². The molecule has 0 saturated carbocycles. The first-order valence-electron chi connectivity index (χ1n) is 5.81. The Balaban J connectivity index is 1.90. The Labute approximate surface area is 104 Å². The lowest BCUT2D eigenvalue weighted by molar-refractivity contribution is 0.0133. The van der Waals surface area contributed by atoms with Crippen LogP contribution in [0.25, 0.3) is 0 Å². The van der Waals surface area contributed by atoms with Gasteiger partial charge < -0.3 is 9.47 Å². The quantitative estimate of drug-likeness (QED) is 0.768. The number of halogens is 1. The average Bonchev–Trinajstić information content (AvgIpc) is 2.71. The van der Waals surface area contributed by atoms with Gasteiger partial charge in [-0.15, -0.1) is 11.8 Å². The van der Waals surface area contributed by atoms with E-state index in [-0.39, 0.29) is 11.4 Å². The summed E-state index contributed by atoms with van der Waals surface area (Å²) in [5, 5.41) is 0. The van der Waals surface area contributed by atoms with E-state index < -0.39 is 6.17 Å². The molecule has 2 aliphatic rings. The van der Waals surface area contributed by atoms with Crippen LogP contribution in [-0.4, -0.2) is 31.2 Å². The number of thioether (sulfide) groups is 1. The number of fused-ring (bicyclic) bond motifs is 1. The Kier molecular flexibility index (Phi) is 2.79. The Bertz CT molecular complexity index is 437. The molecule has 1 aromatic carbocycles. The molecule has 1 fully saturated rings. The zero-order valence-corrected chi connectivity index (χ0v) is 10.6. The molecular formula is C13H15FO2S. The summed E-state index contributed by atoms with van der Waals surface area (Å²) in [6.45, 7) is 0.899. The van der Waals surface area contributed by atoms with Gasteiger partial charge in [0.2, 0.25) is 0 Å². The van der Waals surface area contributed by atoms with Crippen LogP contribution in [0.2, 0.25) is 0 Å². The van der Waals surface area contributed by atoms with Crippen molar-refractivity contribution in [3.05, 3.63) is 23.8 Å². The Morgan fingerprint density at radius 3 is 3.18 bits per heavy atom. The maximum Gasteiger partial charge on any atom is 0.139 e.